The van der Waals surface area contributed by atoms with E-state index in [4.69, 9.17) is 0 Å². The van der Waals surface area contributed by atoms with Crippen molar-refractivity contribution in [3.05, 3.63) is 59.0 Å². The Balaban J connectivity index is 1.68. The van der Waals surface area contributed by atoms with Crippen molar-refractivity contribution in [2.24, 2.45) is 0 Å². The molecule has 0 unspecified atom stereocenters. The van der Waals surface area contributed by atoms with Crippen molar-refractivity contribution >= 4 is 22.5 Å². The molecule has 3 heterocycles. The Hall–Kier alpha value is -2.66. The van der Waals surface area contributed by atoms with Crippen LogP contribution in [0, 0.1) is 6.92 Å². The molecule has 0 fully saturated rings. The predicted molar refractivity (Wildman–Crippen MR) is 95.3 cm³/mol. The first-order valence-electron chi connectivity index (χ1n) is 8.16. The second kappa shape index (κ2) is 5.76. The molecule has 0 atom stereocenters. The average Bonchev–Trinajstić information content (AvgIpc) is 2.95. The summed E-state index contributed by atoms with van der Waals surface area (Å²) in [6.45, 7) is 3.82. The molecule has 2 aromatic heterocycles. The maximum absolute atomic E-state index is 12.8. The van der Waals surface area contributed by atoms with E-state index in [9.17, 15) is 4.79 Å². The largest absolute Gasteiger partial charge is 0.359 e. The zero-order valence-electron chi connectivity index (χ0n) is 13.9. The molecule has 5 heteroatoms. The van der Waals surface area contributed by atoms with Gasteiger partial charge in [0.25, 0.3) is 5.91 Å². The number of pyridine rings is 1. The van der Waals surface area contributed by atoms with E-state index in [1.54, 1.807) is 6.20 Å². The first-order chi connectivity index (χ1) is 11.6. The first kappa shape index (κ1) is 14.9. The van der Waals surface area contributed by atoms with E-state index in [0.29, 0.717) is 5.56 Å². The molecule has 5 nitrogen and oxygen atoms in total. The number of fused-ring (bicyclic) bond motifs is 2. The van der Waals surface area contributed by atoms with Crippen LogP contribution in [0.5, 0.6) is 0 Å². The Labute approximate surface area is 140 Å². The van der Waals surface area contributed by atoms with Gasteiger partial charge in [-0.15, -0.1) is 0 Å². The SMILES string of the molecule is Cc1cc2c(NC(=O)c3cncc4c3CCN(C)C4)cccc2[nH]1. The maximum Gasteiger partial charge on any atom is 0.257 e. The standard InChI is InChI=1S/C19H20N4O/c1-12-8-15-17(21-12)4-3-5-18(15)22-19(24)16-10-20-9-13-11-23(2)7-6-14(13)16/h3-5,8-10,21H,6-7,11H2,1-2H3,(H,22,24). The second-order valence-electron chi connectivity index (χ2n) is 6.49. The van der Waals surface area contributed by atoms with Crippen molar-refractivity contribution in [2.75, 3.05) is 18.9 Å². The van der Waals surface area contributed by atoms with Gasteiger partial charge < -0.3 is 15.2 Å². The third-order valence-electron chi connectivity index (χ3n) is 4.62. The lowest BCUT2D eigenvalue weighted by Gasteiger charge is -2.26. The van der Waals surface area contributed by atoms with Crippen molar-refractivity contribution in [3.8, 4) is 0 Å². The molecule has 24 heavy (non-hydrogen) atoms. The van der Waals surface area contributed by atoms with Gasteiger partial charge in [0.05, 0.1) is 11.3 Å². The van der Waals surface area contributed by atoms with Gasteiger partial charge >= 0.3 is 0 Å². The highest BCUT2D eigenvalue weighted by atomic mass is 16.1. The van der Waals surface area contributed by atoms with Gasteiger partial charge in [0.15, 0.2) is 0 Å². The fourth-order valence-electron chi connectivity index (χ4n) is 3.42. The van der Waals surface area contributed by atoms with Crippen LogP contribution in [0.15, 0.2) is 36.7 Å². The monoisotopic (exact) mass is 320 g/mol. The van der Waals surface area contributed by atoms with Crippen molar-refractivity contribution < 1.29 is 4.79 Å². The summed E-state index contributed by atoms with van der Waals surface area (Å²) in [4.78, 5) is 22.7. The van der Waals surface area contributed by atoms with Crippen LogP contribution < -0.4 is 5.32 Å². The number of benzene rings is 1. The molecule has 4 rings (SSSR count). The summed E-state index contributed by atoms with van der Waals surface area (Å²) in [6, 6.07) is 7.95. The van der Waals surface area contributed by atoms with Crippen molar-refractivity contribution in [1.82, 2.24) is 14.9 Å². The van der Waals surface area contributed by atoms with Gasteiger partial charge in [0, 0.05) is 42.1 Å². The molecule has 1 aliphatic rings. The Morgan fingerprint density at radius 1 is 1.33 bits per heavy atom. The molecule has 0 saturated heterocycles. The van der Waals surface area contributed by atoms with Gasteiger partial charge in [0.1, 0.15) is 0 Å². The molecule has 1 amide bonds. The van der Waals surface area contributed by atoms with E-state index >= 15 is 0 Å². The Kier molecular flexibility index (Phi) is 3.58. The molecule has 2 N–H and O–H groups in total. The smallest absolute Gasteiger partial charge is 0.257 e. The number of aromatic nitrogens is 2. The molecule has 0 spiro atoms. The molecule has 122 valence electrons. The van der Waals surface area contributed by atoms with Crippen molar-refractivity contribution in [1.29, 1.82) is 0 Å². The molecule has 1 aliphatic heterocycles. The van der Waals surface area contributed by atoms with Crippen molar-refractivity contribution in [2.45, 2.75) is 19.9 Å². The molecule has 3 aromatic rings. The molecule has 0 aliphatic carbocycles. The number of nitrogens with one attached hydrogen (secondary N) is 2. The fourth-order valence-corrected chi connectivity index (χ4v) is 3.42. The van der Waals surface area contributed by atoms with Crippen LogP contribution in [0.4, 0.5) is 5.69 Å². The average molecular weight is 320 g/mol. The number of anilines is 1. The van der Waals surface area contributed by atoms with Crippen LogP contribution >= 0.6 is 0 Å². The third-order valence-corrected chi connectivity index (χ3v) is 4.62. The van der Waals surface area contributed by atoms with Gasteiger partial charge in [-0.2, -0.15) is 0 Å². The summed E-state index contributed by atoms with van der Waals surface area (Å²) in [5.41, 5.74) is 5.89. The summed E-state index contributed by atoms with van der Waals surface area (Å²) < 4.78 is 0. The lowest BCUT2D eigenvalue weighted by atomic mass is 9.97. The van der Waals surface area contributed by atoms with Gasteiger partial charge in [-0.1, -0.05) is 6.07 Å². The van der Waals surface area contributed by atoms with Gasteiger partial charge in [-0.05, 0) is 49.7 Å². The van der Waals surface area contributed by atoms with Crippen LogP contribution in [0.3, 0.4) is 0 Å². The Morgan fingerprint density at radius 3 is 3.08 bits per heavy atom. The summed E-state index contributed by atoms with van der Waals surface area (Å²) in [7, 11) is 2.09. The second-order valence-corrected chi connectivity index (χ2v) is 6.49. The number of amides is 1. The van der Waals surface area contributed by atoms with Crippen LogP contribution in [-0.4, -0.2) is 34.4 Å². The van der Waals surface area contributed by atoms with Crippen LogP contribution in [0.25, 0.3) is 10.9 Å². The molecule has 0 saturated carbocycles. The number of aromatic amines is 1. The minimum atomic E-state index is -0.0877. The van der Waals surface area contributed by atoms with Gasteiger partial charge in [-0.3, -0.25) is 9.78 Å². The van der Waals surface area contributed by atoms with Crippen molar-refractivity contribution in [3.63, 3.8) is 0 Å². The minimum Gasteiger partial charge on any atom is -0.359 e. The minimum absolute atomic E-state index is 0.0877. The first-order valence-corrected chi connectivity index (χ1v) is 8.16. The highest BCUT2D eigenvalue weighted by molar-refractivity contribution is 6.09. The van der Waals surface area contributed by atoms with E-state index in [1.165, 1.54) is 0 Å². The molecular weight excluding hydrogens is 300 g/mol. The maximum atomic E-state index is 12.8. The lowest BCUT2D eigenvalue weighted by Crippen LogP contribution is -2.29. The number of nitrogens with zero attached hydrogens (tertiary/aromatic N) is 2. The topological polar surface area (TPSA) is 61.0 Å². The Bertz CT molecular complexity index is 928. The molecule has 0 bridgehead atoms. The predicted octanol–water partition coefficient (Wildman–Crippen LogP) is 3.11. The van der Waals surface area contributed by atoms with Crippen LogP contribution in [0.1, 0.15) is 27.2 Å². The van der Waals surface area contributed by atoms with Gasteiger partial charge in [-0.25, -0.2) is 0 Å². The quantitative estimate of drug-likeness (QED) is 0.763. The number of H-pyrrole nitrogens is 1. The van der Waals surface area contributed by atoms with Crippen LogP contribution in [-0.2, 0) is 13.0 Å². The van der Waals surface area contributed by atoms with E-state index in [0.717, 1.165) is 52.9 Å². The molecule has 0 radical (unpaired) electrons. The lowest BCUT2D eigenvalue weighted by molar-refractivity contribution is 0.102. The summed E-state index contributed by atoms with van der Waals surface area (Å²) in [5.74, 6) is -0.0877. The van der Waals surface area contributed by atoms with Crippen LogP contribution in [0.2, 0.25) is 0 Å². The van der Waals surface area contributed by atoms with E-state index in [1.807, 2.05) is 31.3 Å². The number of hydrogen-bond donors (Lipinski definition) is 2. The number of carbonyl (C=O) groups excluding carboxylic acids is 1. The zero-order chi connectivity index (χ0) is 16.7. The summed E-state index contributed by atoms with van der Waals surface area (Å²) in [5, 5.41) is 4.09. The molecule has 1 aromatic carbocycles. The number of rotatable bonds is 2. The van der Waals surface area contributed by atoms with E-state index in [2.05, 4.69) is 33.3 Å². The number of hydrogen-bond acceptors (Lipinski definition) is 3. The highest BCUT2D eigenvalue weighted by Crippen LogP contribution is 2.26. The fraction of sp³-hybridized carbons (Fsp3) is 0.263. The van der Waals surface area contributed by atoms with Gasteiger partial charge in [0.2, 0.25) is 0 Å². The number of likely N-dealkylation sites (N-methyl/N-ethyl adjacent to an activating group) is 1. The third kappa shape index (κ3) is 2.57. The molecular formula is C19H20N4O. The number of carbonyl (C=O) groups is 1. The van der Waals surface area contributed by atoms with E-state index in [-0.39, 0.29) is 5.91 Å². The summed E-state index contributed by atoms with van der Waals surface area (Å²) >= 11 is 0. The normalized spacial score (nSPS) is 14.6. The zero-order valence-corrected chi connectivity index (χ0v) is 13.9. The summed E-state index contributed by atoms with van der Waals surface area (Å²) in [6.07, 6.45) is 4.44. The van der Waals surface area contributed by atoms with E-state index < -0.39 is 0 Å². The number of aryl methyl sites for hydroxylation is 1. The Morgan fingerprint density at radius 2 is 2.21 bits per heavy atom. The highest BCUT2D eigenvalue weighted by Gasteiger charge is 2.21.